The van der Waals surface area contributed by atoms with Gasteiger partial charge in [0.05, 0.1) is 10.0 Å². The summed E-state index contributed by atoms with van der Waals surface area (Å²) in [5.41, 5.74) is 0.930. The molecule has 2 aromatic heterocycles. The summed E-state index contributed by atoms with van der Waals surface area (Å²) in [7, 11) is 0. The molecule has 0 saturated carbocycles. The molecule has 0 aliphatic heterocycles. The fourth-order valence-corrected chi connectivity index (χ4v) is 2.79. The number of halogens is 2. The topological polar surface area (TPSA) is 46.9 Å². The molecule has 0 saturated heterocycles. The second kappa shape index (κ2) is 5.89. The first-order valence-electron chi connectivity index (χ1n) is 5.99. The lowest BCUT2D eigenvalue weighted by Crippen LogP contribution is -2.12. The van der Waals surface area contributed by atoms with E-state index in [1.54, 1.807) is 23.6 Å². The predicted molar refractivity (Wildman–Crippen MR) is 85.9 cm³/mol. The highest BCUT2D eigenvalue weighted by Crippen LogP contribution is 2.25. The molecule has 0 spiro atoms. The van der Waals surface area contributed by atoms with Gasteiger partial charge in [0.25, 0.3) is 5.91 Å². The summed E-state index contributed by atoms with van der Waals surface area (Å²) in [6.45, 7) is 0. The fourth-order valence-electron chi connectivity index (χ4n) is 1.72. The highest BCUT2D eigenvalue weighted by atomic mass is 35.5. The lowest BCUT2D eigenvalue weighted by atomic mass is 10.3. The van der Waals surface area contributed by atoms with Gasteiger partial charge in [0, 0.05) is 23.5 Å². The predicted octanol–water partition coefficient (Wildman–Crippen LogP) is 4.49. The zero-order valence-electron chi connectivity index (χ0n) is 10.6. The van der Waals surface area contributed by atoms with Crippen LogP contribution in [0.15, 0.2) is 48.1 Å². The van der Waals surface area contributed by atoms with Crippen molar-refractivity contribution in [3.8, 4) is 5.13 Å². The van der Waals surface area contributed by atoms with E-state index in [0.29, 0.717) is 21.4 Å². The van der Waals surface area contributed by atoms with Gasteiger partial charge in [0.15, 0.2) is 5.13 Å². The van der Waals surface area contributed by atoms with Crippen molar-refractivity contribution in [1.29, 1.82) is 0 Å². The van der Waals surface area contributed by atoms with Gasteiger partial charge in [0.1, 0.15) is 5.69 Å². The van der Waals surface area contributed by atoms with Crippen LogP contribution in [0.2, 0.25) is 10.0 Å². The lowest BCUT2D eigenvalue weighted by Gasteiger charge is -2.04. The maximum Gasteiger partial charge on any atom is 0.275 e. The summed E-state index contributed by atoms with van der Waals surface area (Å²) in [6.07, 6.45) is 3.75. The monoisotopic (exact) mass is 337 g/mol. The Morgan fingerprint density at radius 3 is 2.67 bits per heavy atom. The molecule has 1 amide bonds. The number of benzene rings is 1. The van der Waals surface area contributed by atoms with E-state index in [9.17, 15) is 4.79 Å². The van der Waals surface area contributed by atoms with Crippen molar-refractivity contribution < 1.29 is 4.79 Å². The molecular weight excluding hydrogens is 329 g/mol. The maximum atomic E-state index is 12.1. The molecule has 0 fully saturated rings. The van der Waals surface area contributed by atoms with E-state index in [1.165, 1.54) is 11.3 Å². The minimum atomic E-state index is -0.289. The van der Waals surface area contributed by atoms with E-state index >= 15 is 0 Å². The molecule has 3 rings (SSSR count). The van der Waals surface area contributed by atoms with Crippen LogP contribution >= 0.6 is 34.5 Å². The third-order valence-corrected chi connectivity index (χ3v) is 4.32. The van der Waals surface area contributed by atoms with Gasteiger partial charge in [0.2, 0.25) is 0 Å². The molecule has 3 aromatic rings. The molecule has 2 heterocycles. The number of carbonyl (C=O) groups is 1. The number of thiazole rings is 1. The fraction of sp³-hybridized carbons (Fsp3) is 0. The number of nitrogens with zero attached hydrogens (tertiary/aromatic N) is 2. The van der Waals surface area contributed by atoms with Crippen LogP contribution in [0.25, 0.3) is 5.13 Å². The van der Waals surface area contributed by atoms with Crippen LogP contribution in [-0.2, 0) is 0 Å². The molecule has 106 valence electrons. The zero-order valence-corrected chi connectivity index (χ0v) is 12.9. The molecule has 0 aliphatic rings. The van der Waals surface area contributed by atoms with Gasteiger partial charge in [-0.15, -0.1) is 11.3 Å². The highest BCUT2D eigenvalue weighted by molar-refractivity contribution is 7.12. The van der Waals surface area contributed by atoms with Gasteiger partial charge in [-0.05, 0) is 30.3 Å². The Kier molecular flexibility index (Phi) is 3.96. The first-order chi connectivity index (χ1) is 10.1. The summed E-state index contributed by atoms with van der Waals surface area (Å²) in [5, 5.41) is 6.02. The molecule has 7 heteroatoms. The third-order valence-electron chi connectivity index (χ3n) is 2.73. The Morgan fingerprint density at radius 1 is 1.19 bits per heavy atom. The number of nitrogens with one attached hydrogen (secondary N) is 1. The molecule has 1 N–H and O–H groups in total. The minimum Gasteiger partial charge on any atom is -0.321 e. The molecule has 4 nitrogen and oxygen atoms in total. The Hall–Kier alpha value is -1.82. The Balaban J connectivity index is 1.78. The van der Waals surface area contributed by atoms with Crippen LogP contribution in [0.1, 0.15) is 10.5 Å². The zero-order chi connectivity index (χ0) is 14.8. The largest absolute Gasteiger partial charge is 0.321 e. The van der Waals surface area contributed by atoms with E-state index in [1.807, 2.05) is 29.1 Å². The molecule has 1 aromatic carbocycles. The number of amides is 1. The Labute approximate surface area is 135 Å². The van der Waals surface area contributed by atoms with Crippen LogP contribution in [0.5, 0.6) is 0 Å². The Bertz CT molecular complexity index is 783. The van der Waals surface area contributed by atoms with Gasteiger partial charge in [-0.25, -0.2) is 4.98 Å². The van der Waals surface area contributed by atoms with Gasteiger partial charge >= 0.3 is 0 Å². The average Bonchev–Trinajstić information content (AvgIpc) is 3.12. The first kappa shape index (κ1) is 14.1. The van der Waals surface area contributed by atoms with Crippen molar-refractivity contribution in [2.24, 2.45) is 0 Å². The summed E-state index contributed by atoms with van der Waals surface area (Å²) in [6, 6.07) is 8.71. The number of anilines is 1. The number of aromatic nitrogens is 2. The van der Waals surface area contributed by atoms with Crippen molar-refractivity contribution in [2.75, 3.05) is 5.32 Å². The summed E-state index contributed by atoms with van der Waals surface area (Å²) in [5.74, 6) is -0.289. The van der Waals surface area contributed by atoms with E-state index < -0.39 is 0 Å². The van der Waals surface area contributed by atoms with Crippen molar-refractivity contribution in [2.45, 2.75) is 0 Å². The molecule has 0 atom stereocenters. The lowest BCUT2D eigenvalue weighted by molar-refractivity contribution is 0.102. The summed E-state index contributed by atoms with van der Waals surface area (Å²) < 4.78 is 1.85. The van der Waals surface area contributed by atoms with E-state index in [-0.39, 0.29) is 5.91 Å². The number of carbonyl (C=O) groups excluding carboxylic acids is 1. The molecule has 0 radical (unpaired) electrons. The molecular formula is C14H9Cl2N3OS. The van der Waals surface area contributed by atoms with Crippen molar-refractivity contribution in [3.05, 3.63) is 63.8 Å². The number of hydrogen-bond acceptors (Lipinski definition) is 3. The second-order valence-electron chi connectivity index (χ2n) is 4.19. The normalized spacial score (nSPS) is 10.6. The van der Waals surface area contributed by atoms with Gasteiger partial charge in [-0.1, -0.05) is 23.2 Å². The number of hydrogen-bond donors (Lipinski definition) is 1. The minimum absolute atomic E-state index is 0.289. The smallest absolute Gasteiger partial charge is 0.275 e. The van der Waals surface area contributed by atoms with Crippen LogP contribution < -0.4 is 5.32 Å². The van der Waals surface area contributed by atoms with E-state index in [4.69, 9.17) is 23.2 Å². The van der Waals surface area contributed by atoms with Gasteiger partial charge < -0.3 is 9.88 Å². The van der Waals surface area contributed by atoms with Crippen LogP contribution in [0.4, 0.5) is 5.69 Å². The van der Waals surface area contributed by atoms with Crippen LogP contribution in [-0.4, -0.2) is 15.5 Å². The van der Waals surface area contributed by atoms with Crippen molar-refractivity contribution in [3.63, 3.8) is 0 Å². The van der Waals surface area contributed by atoms with Crippen molar-refractivity contribution >= 4 is 46.1 Å². The molecule has 0 aliphatic carbocycles. The molecule has 21 heavy (non-hydrogen) atoms. The highest BCUT2D eigenvalue weighted by Gasteiger charge is 2.12. The van der Waals surface area contributed by atoms with Crippen LogP contribution in [0.3, 0.4) is 0 Å². The quantitative estimate of drug-likeness (QED) is 0.765. The summed E-state index contributed by atoms with van der Waals surface area (Å²) in [4.78, 5) is 16.4. The Morgan fingerprint density at radius 2 is 1.95 bits per heavy atom. The van der Waals surface area contributed by atoms with E-state index in [0.717, 1.165) is 5.13 Å². The second-order valence-corrected chi connectivity index (χ2v) is 5.84. The van der Waals surface area contributed by atoms with Gasteiger partial charge in [-0.2, -0.15) is 0 Å². The standard InChI is InChI=1S/C14H9Cl2N3OS/c15-10-4-3-9(7-11(10)16)17-13(20)12-8-21-14(18-12)19-5-1-2-6-19/h1-8H,(H,17,20). The van der Waals surface area contributed by atoms with Crippen LogP contribution in [0, 0.1) is 0 Å². The van der Waals surface area contributed by atoms with E-state index in [2.05, 4.69) is 10.3 Å². The summed E-state index contributed by atoms with van der Waals surface area (Å²) >= 11 is 13.1. The molecule has 0 unspecified atom stereocenters. The first-order valence-corrected chi connectivity index (χ1v) is 7.62. The molecule has 0 bridgehead atoms. The average molecular weight is 338 g/mol. The maximum absolute atomic E-state index is 12.1. The SMILES string of the molecule is O=C(Nc1ccc(Cl)c(Cl)c1)c1csc(-n2cccc2)n1. The van der Waals surface area contributed by atoms with Crippen molar-refractivity contribution in [1.82, 2.24) is 9.55 Å². The number of rotatable bonds is 3. The van der Waals surface area contributed by atoms with Gasteiger partial charge in [-0.3, -0.25) is 4.79 Å². The third kappa shape index (κ3) is 3.10.